The van der Waals surface area contributed by atoms with E-state index in [9.17, 15) is 9.59 Å². The molecule has 0 aliphatic rings. The molecule has 3 nitrogen and oxygen atoms in total. The topological polar surface area (TPSA) is 43.4 Å². The summed E-state index contributed by atoms with van der Waals surface area (Å²) in [5.41, 5.74) is 1.76. The molecule has 0 unspecified atom stereocenters. The quantitative estimate of drug-likeness (QED) is 0.493. The minimum atomic E-state index is -0.644. The molecule has 0 atom stereocenters. The predicted octanol–water partition coefficient (Wildman–Crippen LogP) is 3.58. The number of benzene rings is 2. The first-order valence-corrected chi connectivity index (χ1v) is 6.79. The van der Waals surface area contributed by atoms with Crippen LogP contribution in [-0.4, -0.2) is 11.9 Å². The van der Waals surface area contributed by atoms with Crippen molar-refractivity contribution in [3.8, 4) is 0 Å². The molecule has 0 radical (unpaired) electrons. The lowest BCUT2D eigenvalue weighted by Crippen LogP contribution is -2.12. The van der Waals surface area contributed by atoms with Crippen LogP contribution in [0.1, 0.15) is 26.3 Å². The molecule has 2 rings (SSSR count). The smallest absolute Gasteiger partial charge is 0.346 e. The van der Waals surface area contributed by atoms with E-state index in [0.29, 0.717) is 16.5 Å². The Morgan fingerprint density at radius 1 is 0.842 bits per heavy atom. The minimum absolute atomic E-state index is 0.355. The average molecular weight is 319 g/mol. The number of hydrogen-bond acceptors (Lipinski definition) is 3. The standard InChI is InChI=1S/C15H11BrO3/c16-10-11-6-8-13(9-7-11)15(18)19-14(17)12-4-2-1-3-5-12/h1-9H,10H2. The summed E-state index contributed by atoms with van der Waals surface area (Å²) in [6.45, 7) is 0. The van der Waals surface area contributed by atoms with E-state index in [-0.39, 0.29) is 0 Å². The van der Waals surface area contributed by atoms with Gasteiger partial charge in [-0.2, -0.15) is 0 Å². The van der Waals surface area contributed by atoms with Crippen molar-refractivity contribution < 1.29 is 14.3 Å². The summed E-state index contributed by atoms with van der Waals surface area (Å²) in [5.74, 6) is -1.29. The number of carbonyl (C=O) groups excluding carboxylic acids is 2. The Bertz CT molecular complexity index is 576. The fraction of sp³-hybridized carbons (Fsp3) is 0.0667. The lowest BCUT2D eigenvalue weighted by Gasteiger charge is -2.03. The molecule has 0 aliphatic carbocycles. The van der Waals surface area contributed by atoms with Crippen molar-refractivity contribution in [2.45, 2.75) is 5.33 Å². The van der Waals surface area contributed by atoms with E-state index < -0.39 is 11.9 Å². The highest BCUT2D eigenvalue weighted by Gasteiger charge is 2.14. The third kappa shape index (κ3) is 3.51. The molecule has 0 amide bonds. The molecule has 0 aromatic heterocycles. The summed E-state index contributed by atoms with van der Waals surface area (Å²) in [5, 5.41) is 0.714. The first kappa shape index (κ1) is 13.5. The Morgan fingerprint density at radius 3 is 1.89 bits per heavy atom. The van der Waals surface area contributed by atoms with Gasteiger partial charge >= 0.3 is 11.9 Å². The Balaban J connectivity index is 2.06. The van der Waals surface area contributed by atoms with E-state index in [1.165, 1.54) is 0 Å². The van der Waals surface area contributed by atoms with Crippen LogP contribution in [0.2, 0.25) is 0 Å². The number of halogens is 1. The molecule has 0 bridgehead atoms. The van der Waals surface area contributed by atoms with Gasteiger partial charge in [-0.1, -0.05) is 46.3 Å². The molecule has 0 saturated heterocycles. The molecule has 2 aromatic rings. The molecule has 0 spiro atoms. The summed E-state index contributed by atoms with van der Waals surface area (Å²) in [6, 6.07) is 15.3. The Kier molecular flexibility index (Phi) is 4.47. The van der Waals surface area contributed by atoms with Gasteiger partial charge in [0.2, 0.25) is 0 Å². The number of alkyl halides is 1. The normalized spacial score (nSPS) is 9.95. The van der Waals surface area contributed by atoms with Crippen molar-refractivity contribution in [3.63, 3.8) is 0 Å². The second-order valence-corrected chi connectivity index (χ2v) is 4.43. The van der Waals surface area contributed by atoms with Crippen LogP contribution in [0.25, 0.3) is 0 Å². The van der Waals surface area contributed by atoms with Crippen LogP contribution in [0.15, 0.2) is 54.6 Å². The molecule has 4 heteroatoms. The minimum Gasteiger partial charge on any atom is -0.386 e. The highest BCUT2D eigenvalue weighted by atomic mass is 79.9. The molecule has 96 valence electrons. The lowest BCUT2D eigenvalue weighted by molar-refractivity contribution is 0.0398. The van der Waals surface area contributed by atoms with Gasteiger partial charge < -0.3 is 4.74 Å². The number of rotatable bonds is 3. The van der Waals surface area contributed by atoms with Crippen molar-refractivity contribution in [1.82, 2.24) is 0 Å². The Hall–Kier alpha value is -1.94. The van der Waals surface area contributed by atoms with Crippen LogP contribution >= 0.6 is 15.9 Å². The maximum Gasteiger partial charge on any atom is 0.346 e. The molecule has 19 heavy (non-hydrogen) atoms. The third-order valence-corrected chi connectivity index (χ3v) is 3.19. The zero-order valence-corrected chi connectivity index (χ0v) is 11.6. The van der Waals surface area contributed by atoms with Crippen LogP contribution in [-0.2, 0) is 10.1 Å². The molecular weight excluding hydrogens is 308 g/mol. The average Bonchev–Trinajstić information content (AvgIpc) is 2.48. The summed E-state index contributed by atoms with van der Waals surface area (Å²) in [4.78, 5) is 23.5. The maximum absolute atomic E-state index is 11.8. The first-order valence-electron chi connectivity index (χ1n) is 5.67. The molecule has 0 saturated carbocycles. The van der Waals surface area contributed by atoms with Crippen LogP contribution in [0.3, 0.4) is 0 Å². The highest BCUT2D eigenvalue weighted by molar-refractivity contribution is 9.08. The van der Waals surface area contributed by atoms with Gasteiger partial charge in [0.05, 0.1) is 11.1 Å². The number of hydrogen-bond donors (Lipinski definition) is 0. The summed E-state index contributed by atoms with van der Waals surface area (Å²) in [7, 11) is 0. The van der Waals surface area contributed by atoms with Crippen molar-refractivity contribution in [3.05, 3.63) is 71.3 Å². The van der Waals surface area contributed by atoms with E-state index in [4.69, 9.17) is 4.74 Å². The Morgan fingerprint density at radius 2 is 1.37 bits per heavy atom. The van der Waals surface area contributed by atoms with E-state index in [1.54, 1.807) is 54.6 Å². The van der Waals surface area contributed by atoms with Crippen LogP contribution < -0.4 is 0 Å². The van der Waals surface area contributed by atoms with Gasteiger partial charge in [-0.05, 0) is 29.8 Å². The zero-order valence-electron chi connectivity index (χ0n) is 10.0. The summed E-state index contributed by atoms with van der Waals surface area (Å²) in [6.07, 6.45) is 0. The molecule has 0 fully saturated rings. The van der Waals surface area contributed by atoms with Crippen molar-refractivity contribution in [2.75, 3.05) is 0 Å². The van der Waals surface area contributed by atoms with Crippen LogP contribution in [0, 0.1) is 0 Å². The first-order chi connectivity index (χ1) is 9.20. The van der Waals surface area contributed by atoms with E-state index in [2.05, 4.69) is 15.9 Å². The summed E-state index contributed by atoms with van der Waals surface area (Å²) >= 11 is 3.32. The fourth-order valence-electron chi connectivity index (χ4n) is 1.51. The molecular formula is C15H11BrO3. The van der Waals surface area contributed by atoms with Gasteiger partial charge in [0.15, 0.2) is 0 Å². The monoisotopic (exact) mass is 318 g/mol. The van der Waals surface area contributed by atoms with Crippen LogP contribution in [0.5, 0.6) is 0 Å². The molecule has 2 aromatic carbocycles. The second-order valence-electron chi connectivity index (χ2n) is 3.87. The molecule has 0 heterocycles. The highest BCUT2D eigenvalue weighted by Crippen LogP contribution is 2.10. The number of ether oxygens (including phenoxy) is 1. The van der Waals surface area contributed by atoms with Gasteiger partial charge in [-0.15, -0.1) is 0 Å². The third-order valence-electron chi connectivity index (χ3n) is 2.54. The zero-order chi connectivity index (χ0) is 13.7. The molecule has 0 N–H and O–H groups in total. The maximum atomic E-state index is 11.8. The van der Waals surface area contributed by atoms with Crippen molar-refractivity contribution in [1.29, 1.82) is 0 Å². The van der Waals surface area contributed by atoms with Gasteiger partial charge in [0.25, 0.3) is 0 Å². The van der Waals surface area contributed by atoms with Gasteiger partial charge in [-0.3, -0.25) is 0 Å². The largest absolute Gasteiger partial charge is 0.386 e. The van der Waals surface area contributed by atoms with Gasteiger partial charge in [-0.25, -0.2) is 9.59 Å². The van der Waals surface area contributed by atoms with Crippen LogP contribution in [0.4, 0.5) is 0 Å². The number of carbonyl (C=O) groups is 2. The van der Waals surface area contributed by atoms with Gasteiger partial charge in [0, 0.05) is 5.33 Å². The van der Waals surface area contributed by atoms with Crippen molar-refractivity contribution >= 4 is 27.9 Å². The van der Waals surface area contributed by atoms with Gasteiger partial charge in [0.1, 0.15) is 0 Å². The van der Waals surface area contributed by atoms with E-state index >= 15 is 0 Å². The van der Waals surface area contributed by atoms with Crippen molar-refractivity contribution in [2.24, 2.45) is 0 Å². The Labute approximate surface area is 119 Å². The second kappa shape index (κ2) is 6.29. The summed E-state index contributed by atoms with van der Waals surface area (Å²) < 4.78 is 4.81. The fourth-order valence-corrected chi connectivity index (χ4v) is 1.88. The number of esters is 2. The SMILES string of the molecule is O=C(OC(=O)c1ccc(CBr)cc1)c1ccccc1. The predicted molar refractivity (Wildman–Crippen MR) is 75.3 cm³/mol. The molecule has 0 aliphatic heterocycles. The lowest BCUT2D eigenvalue weighted by atomic mass is 10.1. The van der Waals surface area contributed by atoms with E-state index in [0.717, 1.165) is 5.56 Å². The van der Waals surface area contributed by atoms with E-state index in [1.807, 2.05) is 0 Å².